The fourth-order valence-corrected chi connectivity index (χ4v) is 6.89. The van der Waals surface area contributed by atoms with Crippen LogP contribution in [0.2, 0.25) is 0 Å². The van der Waals surface area contributed by atoms with E-state index in [1.165, 1.54) is 71.3 Å². The number of dihydropyridines is 1. The SMILES string of the molecule is C1=CC(c2ccc(-c3ccc4c5ccc6cc(-c7ccccn7)ccc6c5n(-c5cccc6ccccc56)c4c3)cc2)=CCN1. The molecule has 0 saturated heterocycles. The minimum atomic E-state index is 0.863. The van der Waals surface area contributed by atoms with E-state index >= 15 is 0 Å². The minimum absolute atomic E-state index is 0.863. The molecule has 212 valence electrons. The van der Waals surface area contributed by atoms with Gasteiger partial charge in [0.2, 0.25) is 0 Å². The van der Waals surface area contributed by atoms with E-state index in [0.717, 1.165) is 17.8 Å². The van der Waals surface area contributed by atoms with Gasteiger partial charge in [0.15, 0.2) is 0 Å². The van der Waals surface area contributed by atoms with Crippen LogP contribution in [0.5, 0.6) is 0 Å². The number of benzene rings is 6. The van der Waals surface area contributed by atoms with Crippen LogP contribution in [0, 0.1) is 0 Å². The van der Waals surface area contributed by atoms with E-state index in [1.54, 1.807) is 0 Å². The quantitative estimate of drug-likeness (QED) is 0.226. The number of nitrogens with one attached hydrogen (secondary N) is 1. The Morgan fingerprint density at radius 1 is 0.556 bits per heavy atom. The summed E-state index contributed by atoms with van der Waals surface area (Å²) in [6.45, 7) is 0.863. The summed E-state index contributed by atoms with van der Waals surface area (Å²) >= 11 is 0. The number of rotatable bonds is 4. The number of hydrogen-bond donors (Lipinski definition) is 1. The molecule has 3 heteroatoms. The first kappa shape index (κ1) is 25.6. The second-order valence-electron chi connectivity index (χ2n) is 11.7. The summed E-state index contributed by atoms with van der Waals surface area (Å²) in [5, 5.41) is 10.6. The molecule has 2 aromatic heterocycles. The monoisotopic (exact) mass is 575 g/mol. The fraction of sp³-hybridized carbons (Fsp3) is 0.0238. The minimum Gasteiger partial charge on any atom is -0.387 e. The predicted octanol–water partition coefficient (Wildman–Crippen LogP) is 10.3. The molecule has 8 aromatic rings. The average Bonchev–Trinajstić information content (AvgIpc) is 3.46. The van der Waals surface area contributed by atoms with Crippen molar-refractivity contribution in [2.24, 2.45) is 0 Å². The lowest BCUT2D eigenvalue weighted by Gasteiger charge is -2.14. The summed E-state index contributed by atoms with van der Waals surface area (Å²) in [6, 6.07) is 48.5. The number of nitrogens with zero attached hydrogens (tertiary/aromatic N) is 2. The lowest BCUT2D eigenvalue weighted by atomic mass is 9.98. The Kier molecular flexibility index (Phi) is 5.88. The van der Waals surface area contributed by atoms with Crippen molar-refractivity contribution in [2.45, 2.75) is 0 Å². The molecular formula is C42H29N3. The summed E-state index contributed by atoms with van der Waals surface area (Å²) in [7, 11) is 0. The van der Waals surface area contributed by atoms with Crippen molar-refractivity contribution in [3.63, 3.8) is 0 Å². The molecule has 1 aliphatic heterocycles. The highest BCUT2D eigenvalue weighted by Crippen LogP contribution is 2.40. The number of aromatic nitrogens is 2. The molecule has 0 amide bonds. The van der Waals surface area contributed by atoms with Crippen molar-refractivity contribution >= 4 is 48.9 Å². The van der Waals surface area contributed by atoms with Crippen molar-refractivity contribution in [1.82, 2.24) is 14.9 Å². The van der Waals surface area contributed by atoms with Gasteiger partial charge in [0.05, 0.1) is 22.4 Å². The zero-order chi connectivity index (χ0) is 29.7. The van der Waals surface area contributed by atoms with Gasteiger partial charge in [-0.1, -0.05) is 109 Å². The molecule has 0 bridgehead atoms. The number of pyridine rings is 1. The van der Waals surface area contributed by atoms with Gasteiger partial charge in [-0.05, 0) is 75.6 Å². The molecule has 6 aromatic carbocycles. The molecule has 0 atom stereocenters. The highest BCUT2D eigenvalue weighted by molar-refractivity contribution is 6.20. The van der Waals surface area contributed by atoms with Crippen molar-refractivity contribution in [2.75, 3.05) is 6.54 Å². The van der Waals surface area contributed by atoms with Crippen LogP contribution in [0.1, 0.15) is 5.56 Å². The lowest BCUT2D eigenvalue weighted by Crippen LogP contribution is -2.08. The van der Waals surface area contributed by atoms with E-state index in [-0.39, 0.29) is 0 Å². The van der Waals surface area contributed by atoms with Crippen molar-refractivity contribution in [1.29, 1.82) is 0 Å². The van der Waals surface area contributed by atoms with E-state index in [2.05, 4.69) is 148 Å². The second kappa shape index (κ2) is 10.4. The first-order chi connectivity index (χ1) is 22.3. The van der Waals surface area contributed by atoms with Crippen LogP contribution in [0.3, 0.4) is 0 Å². The summed E-state index contributed by atoms with van der Waals surface area (Å²) in [6.07, 6.45) is 8.24. The molecule has 45 heavy (non-hydrogen) atoms. The third kappa shape index (κ3) is 4.24. The van der Waals surface area contributed by atoms with Crippen molar-refractivity contribution in [3.05, 3.63) is 164 Å². The Morgan fingerprint density at radius 2 is 1.33 bits per heavy atom. The van der Waals surface area contributed by atoms with Gasteiger partial charge < -0.3 is 9.88 Å². The summed E-state index contributed by atoms with van der Waals surface area (Å²) in [5.74, 6) is 0. The van der Waals surface area contributed by atoms with Crippen LogP contribution in [-0.2, 0) is 0 Å². The smallest absolute Gasteiger partial charge is 0.0702 e. The van der Waals surface area contributed by atoms with E-state index < -0.39 is 0 Å². The molecule has 1 N–H and O–H groups in total. The topological polar surface area (TPSA) is 29.9 Å². The molecule has 0 unspecified atom stereocenters. The van der Waals surface area contributed by atoms with Gasteiger partial charge in [0.1, 0.15) is 0 Å². The van der Waals surface area contributed by atoms with E-state index in [1.807, 2.05) is 24.5 Å². The molecule has 1 aliphatic rings. The Labute approximate surface area is 261 Å². The van der Waals surface area contributed by atoms with Gasteiger partial charge >= 0.3 is 0 Å². The molecule has 9 rings (SSSR count). The largest absolute Gasteiger partial charge is 0.387 e. The van der Waals surface area contributed by atoms with Gasteiger partial charge in [0.25, 0.3) is 0 Å². The Hall–Kier alpha value is -5.93. The van der Waals surface area contributed by atoms with E-state index in [0.29, 0.717) is 0 Å². The summed E-state index contributed by atoms with van der Waals surface area (Å²) < 4.78 is 2.48. The zero-order valence-corrected chi connectivity index (χ0v) is 24.6. The molecule has 3 heterocycles. The van der Waals surface area contributed by atoms with Crippen LogP contribution in [-0.4, -0.2) is 16.1 Å². The normalized spacial score (nSPS) is 13.0. The maximum Gasteiger partial charge on any atom is 0.0702 e. The highest BCUT2D eigenvalue weighted by Gasteiger charge is 2.18. The fourth-order valence-electron chi connectivity index (χ4n) is 6.89. The highest BCUT2D eigenvalue weighted by atomic mass is 15.0. The van der Waals surface area contributed by atoms with Crippen molar-refractivity contribution < 1.29 is 0 Å². The molecule has 0 radical (unpaired) electrons. The van der Waals surface area contributed by atoms with Crippen LogP contribution < -0.4 is 5.32 Å². The Morgan fingerprint density at radius 3 is 2.20 bits per heavy atom. The third-order valence-corrected chi connectivity index (χ3v) is 9.08. The van der Waals surface area contributed by atoms with Gasteiger partial charge in [0, 0.05) is 39.8 Å². The first-order valence-corrected chi connectivity index (χ1v) is 15.4. The molecule has 0 saturated carbocycles. The summed E-state index contributed by atoms with van der Waals surface area (Å²) in [5.41, 5.74) is 10.6. The maximum atomic E-state index is 4.61. The Bertz CT molecular complexity index is 2460. The van der Waals surface area contributed by atoms with Crippen molar-refractivity contribution in [3.8, 4) is 28.1 Å². The van der Waals surface area contributed by atoms with Crippen LogP contribution in [0.25, 0.3) is 77.0 Å². The second-order valence-corrected chi connectivity index (χ2v) is 11.7. The molecular weight excluding hydrogens is 546 g/mol. The predicted molar refractivity (Wildman–Crippen MR) is 190 cm³/mol. The van der Waals surface area contributed by atoms with Crippen LogP contribution in [0.4, 0.5) is 0 Å². The van der Waals surface area contributed by atoms with Crippen LogP contribution in [0.15, 0.2) is 158 Å². The van der Waals surface area contributed by atoms with E-state index in [9.17, 15) is 0 Å². The van der Waals surface area contributed by atoms with Crippen LogP contribution >= 0.6 is 0 Å². The maximum absolute atomic E-state index is 4.61. The van der Waals surface area contributed by atoms with Gasteiger partial charge in [-0.3, -0.25) is 4.98 Å². The van der Waals surface area contributed by atoms with Gasteiger partial charge in [-0.25, -0.2) is 0 Å². The third-order valence-electron chi connectivity index (χ3n) is 9.08. The first-order valence-electron chi connectivity index (χ1n) is 15.4. The zero-order valence-electron chi connectivity index (χ0n) is 24.6. The lowest BCUT2D eigenvalue weighted by molar-refractivity contribution is 0.976. The number of fused-ring (bicyclic) bond motifs is 6. The Balaban J connectivity index is 1.30. The summed E-state index contributed by atoms with van der Waals surface area (Å²) in [4.78, 5) is 4.61. The van der Waals surface area contributed by atoms with Gasteiger partial charge in [-0.15, -0.1) is 0 Å². The number of hydrogen-bond acceptors (Lipinski definition) is 2. The number of allylic oxidation sites excluding steroid dienone is 2. The standard InChI is InChI=1S/C42H29N3/c1-2-8-35-31(6-1)7-5-10-40(35)45-41-27-32(29-13-11-28(12-14-29)30-21-24-43-25-22-30)15-19-37(41)38-20-16-33-26-34(17-18-36(33)42(38)45)39-9-3-4-23-44-39/h1-24,26-27,43H,25H2. The molecule has 0 fully saturated rings. The molecule has 0 aliphatic carbocycles. The molecule has 3 nitrogen and oxygen atoms in total. The molecule has 0 spiro atoms. The van der Waals surface area contributed by atoms with Gasteiger partial charge in [-0.2, -0.15) is 0 Å². The van der Waals surface area contributed by atoms with E-state index in [4.69, 9.17) is 0 Å². The average molecular weight is 576 g/mol.